The van der Waals surface area contributed by atoms with Gasteiger partial charge in [-0.3, -0.25) is 0 Å². The van der Waals surface area contributed by atoms with Crippen LogP contribution in [-0.4, -0.2) is 44.7 Å². The summed E-state index contributed by atoms with van der Waals surface area (Å²) in [6.45, 7) is 19.2. The van der Waals surface area contributed by atoms with Gasteiger partial charge in [0.1, 0.15) is 11.1 Å². The van der Waals surface area contributed by atoms with Crippen LogP contribution in [0.5, 0.6) is 0 Å². The molecule has 2 fully saturated rings. The number of ether oxygens (including phenoxy) is 2. The van der Waals surface area contributed by atoms with Crippen molar-refractivity contribution in [3.63, 3.8) is 0 Å². The van der Waals surface area contributed by atoms with Crippen LogP contribution >= 0.6 is 0 Å². The van der Waals surface area contributed by atoms with E-state index in [1.165, 1.54) is 0 Å². The number of hydrogen-bond acceptors (Lipinski definition) is 5. The molecule has 1 N–H and O–H groups in total. The van der Waals surface area contributed by atoms with E-state index in [2.05, 4.69) is 39.2 Å². The van der Waals surface area contributed by atoms with E-state index >= 15 is 0 Å². The van der Waals surface area contributed by atoms with Gasteiger partial charge in [0.2, 0.25) is 0 Å². The lowest BCUT2D eigenvalue weighted by atomic mass is 10.1. The average molecular weight is 400 g/mol. The van der Waals surface area contributed by atoms with Gasteiger partial charge in [-0.2, -0.15) is 0 Å². The molecule has 3 atom stereocenters. The molecule has 0 unspecified atom stereocenters. The molecule has 2 aliphatic rings. The highest BCUT2D eigenvalue weighted by molar-refractivity contribution is 6.74. The molecule has 2 saturated carbocycles. The first-order valence-electron chi connectivity index (χ1n) is 9.93. The third-order valence-electron chi connectivity index (χ3n) is 6.33. The third-order valence-corrected chi connectivity index (χ3v) is 10.8. The van der Waals surface area contributed by atoms with Crippen LogP contribution in [0.3, 0.4) is 0 Å². The normalized spacial score (nSPS) is 30.0. The molecule has 156 valence electrons. The Bertz CT molecular complexity index is 606. The van der Waals surface area contributed by atoms with Gasteiger partial charge in [0.15, 0.2) is 8.32 Å². The van der Waals surface area contributed by atoms with Crippen molar-refractivity contribution in [2.45, 2.75) is 90.6 Å². The highest BCUT2D eigenvalue weighted by Crippen LogP contribution is 2.77. The lowest BCUT2D eigenvalue weighted by Gasteiger charge is -2.36. The van der Waals surface area contributed by atoms with Crippen LogP contribution < -0.4 is 5.32 Å². The highest BCUT2D eigenvalue weighted by Gasteiger charge is 2.84. The number of carbonyl (C=O) groups is 2. The largest absolute Gasteiger partial charge is 0.464 e. The van der Waals surface area contributed by atoms with E-state index in [0.717, 1.165) is 6.42 Å². The highest BCUT2D eigenvalue weighted by atomic mass is 28.4. The fourth-order valence-electron chi connectivity index (χ4n) is 3.52. The molecule has 0 bridgehead atoms. The topological polar surface area (TPSA) is 73.9 Å². The second-order valence-electron chi connectivity index (χ2n) is 10.6. The van der Waals surface area contributed by atoms with Gasteiger partial charge in [0, 0.05) is 12.0 Å². The van der Waals surface area contributed by atoms with Crippen molar-refractivity contribution in [2.24, 2.45) is 11.3 Å². The number of hydrogen-bond donors (Lipinski definition) is 1. The summed E-state index contributed by atoms with van der Waals surface area (Å²) in [5.41, 5.74) is -1.82. The lowest BCUT2D eigenvalue weighted by molar-refractivity contribution is -0.147. The Hall–Kier alpha value is -1.08. The van der Waals surface area contributed by atoms with Crippen LogP contribution in [0.2, 0.25) is 18.1 Å². The van der Waals surface area contributed by atoms with Crippen molar-refractivity contribution in [2.75, 3.05) is 13.2 Å². The first kappa shape index (κ1) is 22.2. The molecule has 0 saturated heterocycles. The Kier molecular flexibility index (Phi) is 5.56. The summed E-state index contributed by atoms with van der Waals surface area (Å²) in [5.74, 6) is -0.0864. The Balaban J connectivity index is 2.05. The monoisotopic (exact) mass is 399 g/mol. The van der Waals surface area contributed by atoms with E-state index in [0.29, 0.717) is 13.0 Å². The summed E-state index contributed by atoms with van der Waals surface area (Å²) in [7, 11) is -1.84. The van der Waals surface area contributed by atoms with Gasteiger partial charge in [0.25, 0.3) is 0 Å². The molecule has 0 aromatic carbocycles. The molecule has 2 aliphatic carbocycles. The molecule has 1 spiro atoms. The summed E-state index contributed by atoms with van der Waals surface area (Å²) in [4.78, 5) is 25.0. The molecule has 0 aromatic rings. The number of rotatable bonds is 6. The van der Waals surface area contributed by atoms with Gasteiger partial charge >= 0.3 is 12.1 Å². The Morgan fingerprint density at radius 3 is 2.22 bits per heavy atom. The first-order valence-corrected chi connectivity index (χ1v) is 12.8. The third kappa shape index (κ3) is 4.34. The Labute approximate surface area is 164 Å². The van der Waals surface area contributed by atoms with Crippen molar-refractivity contribution in [1.29, 1.82) is 0 Å². The van der Waals surface area contributed by atoms with E-state index in [1.807, 2.05) is 0 Å². The van der Waals surface area contributed by atoms with E-state index in [4.69, 9.17) is 13.9 Å². The molecule has 0 aromatic heterocycles. The molecule has 7 heteroatoms. The second-order valence-corrected chi connectivity index (χ2v) is 15.4. The van der Waals surface area contributed by atoms with Gasteiger partial charge in [-0.25, -0.2) is 9.59 Å². The van der Waals surface area contributed by atoms with E-state index in [9.17, 15) is 9.59 Å². The van der Waals surface area contributed by atoms with Gasteiger partial charge in [0.05, 0.1) is 6.61 Å². The molecule has 0 aliphatic heterocycles. The lowest BCUT2D eigenvalue weighted by Crippen LogP contribution is -2.48. The van der Waals surface area contributed by atoms with Crippen LogP contribution in [0, 0.1) is 11.3 Å². The Morgan fingerprint density at radius 1 is 1.15 bits per heavy atom. The first-order chi connectivity index (χ1) is 12.1. The minimum atomic E-state index is -1.84. The van der Waals surface area contributed by atoms with Crippen molar-refractivity contribution in [3.05, 3.63) is 0 Å². The van der Waals surface area contributed by atoms with E-state index in [1.54, 1.807) is 27.7 Å². The zero-order chi connectivity index (χ0) is 20.9. The molecular formula is C20H37NO5Si. The van der Waals surface area contributed by atoms with Crippen molar-refractivity contribution >= 4 is 20.4 Å². The smallest absolute Gasteiger partial charge is 0.408 e. The van der Waals surface area contributed by atoms with E-state index in [-0.39, 0.29) is 28.9 Å². The minimum Gasteiger partial charge on any atom is -0.464 e. The number of nitrogens with one attached hydrogen (secondary N) is 1. The minimum absolute atomic E-state index is 0.144. The standard InChI is InChI=1S/C20H37NO5Si/c1-10-24-15(22)20(21-16(23)26-17(2,3)4)13-19(20)11-14(19)12-25-27(8,9)18(5,6)7/h14H,10-13H2,1-9H3,(H,21,23)/t14-,19-,20-/m1/s1. The predicted molar refractivity (Wildman–Crippen MR) is 107 cm³/mol. The van der Waals surface area contributed by atoms with Crippen LogP contribution in [0.15, 0.2) is 0 Å². The van der Waals surface area contributed by atoms with Gasteiger partial charge in [-0.15, -0.1) is 0 Å². The maximum Gasteiger partial charge on any atom is 0.408 e. The molecular weight excluding hydrogens is 362 g/mol. The van der Waals surface area contributed by atoms with Crippen molar-refractivity contribution in [3.8, 4) is 0 Å². The number of esters is 1. The molecule has 0 radical (unpaired) electrons. The van der Waals surface area contributed by atoms with Crippen LogP contribution in [-0.2, 0) is 18.7 Å². The van der Waals surface area contributed by atoms with Crippen LogP contribution in [0.1, 0.15) is 61.3 Å². The number of alkyl carbamates (subject to hydrolysis) is 1. The quantitative estimate of drug-likeness (QED) is 0.534. The number of amides is 1. The second kappa shape index (κ2) is 6.76. The fraction of sp³-hybridized carbons (Fsp3) is 0.900. The number of carbonyl (C=O) groups excluding carboxylic acids is 2. The fourth-order valence-corrected chi connectivity index (χ4v) is 4.57. The van der Waals surface area contributed by atoms with Crippen molar-refractivity contribution in [1.82, 2.24) is 5.32 Å². The maximum atomic E-state index is 12.7. The summed E-state index contributed by atoms with van der Waals surface area (Å²) < 4.78 is 17.0. The summed E-state index contributed by atoms with van der Waals surface area (Å²) in [6.07, 6.45) is 0.906. The summed E-state index contributed by atoms with van der Waals surface area (Å²) in [5, 5.41) is 2.98. The molecule has 27 heavy (non-hydrogen) atoms. The average Bonchev–Trinajstić information content (AvgIpc) is 3.31. The van der Waals surface area contributed by atoms with E-state index < -0.39 is 25.6 Å². The molecule has 6 nitrogen and oxygen atoms in total. The van der Waals surface area contributed by atoms with Gasteiger partial charge in [-0.05, 0) is 64.6 Å². The Morgan fingerprint density at radius 2 is 1.74 bits per heavy atom. The zero-order valence-electron chi connectivity index (χ0n) is 18.4. The summed E-state index contributed by atoms with van der Waals surface area (Å²) >= 11 is 0. The summed E-state index contributed by atoms with van der Waals surface area (Å²) in [6, 6.07) is 0. The van der Waals surface area contributed by atoms with Gasteiger partial charge < -0.3 is 19.2 Å². The van der Waals surface area contributed by atoms with Crippen LogP contribution in [0.4, 0.5) is 4.79 Å². The zero-order valence-corrected chi connectivity index (χ0v) is 19.4. The molecule has 2 rings (SSSR count). The molecule has 0 heterocycles. The maximum absolute atomic E-state index is 12.7. The molecule has 1 amide bonds. The van der Waals surface area contributed by atoms with Crippen molar-refractivity contribution < 1.29 is 23.5 Å². The SMILES string of the molecule is CCOC(=O)[C@]1(NC(=O)OC(C)(C)C)C[C@@]12C[C@@H]2CO[Si](C)(C)C(C)(C)C. The van der Waals surface area contributed by atoms with Crippen LogP contribution in [0.25, 0.3) is 0 Å². The predicted octanol–water partition coefficient (Wildman–Crippen LogP) is 4.24. The van der Waals surface area contributed by atoms with Gasteiger partial charge in [-0.1, -0.05) is 20.8 Å².